The maximum atomic E-state index is 5.77. The van der Waals surface area contributed by atoms with Gasteiger partial charge in [-0.05, 0) is 30.1 Å². The summed E-state index contributed by atoms with van der Waals surface area (Å²) in [7, 11) is 0. The lowest BCUT2D eigenvalue weighted by molar-refractivity contribution is 0.818. The van der Waals surface area contributed by atoms with E-state index < -0.39 is 0 Å². The molecule has 0 radical (unpaired) electrons. The number of hydrogen-bond acceptors (Lipinski definition) is 3. The van der Waals surface area contributed by atoms with Crippen molar-refractivity contribution < 1.29 is 0 Å². The quantitative estimate of drug-likeness (QED) is 0.817. The van der Waals surface area contributed by atoms with Crippen LogP contribution >= 0.6 is 11.5 Å². The highest BCUT2D eigenvalue weighted by molar-refractivity contribution is 7.03. The van der Waals surface area contributed by atoms with Crippen LogP contribution in [0.25, 0.3) is 11.3 Å². The number of nitrogens with zero attached hydrogens (tertiary/aromatic N) is 1. The van der Waals surface area contributed by atoms with Gasteiger partial charge in [-0.3, -0.25) is 0 Å². The van der Waals surface area contributed by atoms with Crippen molar-refractivity contribution in [3.05, 3.63) is 41.3 Å². The molecule has 0 spiro atoms. The average Bonchev–Trinajstić information content (AvgIpc) is 2.71. The molecule has 0 saturated carbocycles. The van der Waals surface area contributed by atoms with Crippen LogP contribution in [0.3, 0.4) is 0 Å². The molecule has 0 aliphatic carbocycles. The van der Waals surface area contributed by atoms with Crippen molar-refractivity contribution in [1.29, 1.82) is 0 Å². The van der Waals surface area contributed by atoms with E-state index in [-0.39, 0.29) is 6.04 Å². The molecule has 0 saturated heterocycles. The van der Waals surface area contributed by atoms with Crippen molar-refractivity contribution in [3.8, 4) is 11.3 Å². The molecule has 0 bridgehead atoms. The Hall–Kier alpha value is -1.19. The van der Waals surface area contributed by atoms with E-state index >= 15 is 0 Å². The first-order valence-electron chi connectivity index (χ1n) is 4.53. The fourth-order valence-electron chi connectivity index (χ4n) is 1.32. The zero-order chi connectivity index (χ0) is 9.97. The maximum absolute atomic E-state index is 5.77. The third kappa shape index (κ3) is 1.84. The first-order chi connectivity index (χ1) is 6.77. The Morgan fingerprint density at radius 3 is 2.43 bits per heavy atom. The van der Waals surface area contributed by atoms with Gasteiger partial charge in [-0.15, -0.1) is 0 Å². The molecule has 1 unspecified atom stereocenters. The summed E-state index contributed by atoms with van der Waals surface area (Å²) >= 11 is 1.47. The molecule has 0 fully saturated rings. The first-order valence-corrected chi connectivity index (χ1v) is 5.37. The summed E-state index contributed by atoms with van der Waals surface area (Å²) in [6.45, 7) is 1.98. The molecule has 0 amide bonds. The highest BCUT2D eigenvalue weighted by Crippen LogP contribution is 2.20. The molecule has 2 aromatic rings. The second-order valence-corrected chi connectivity index (χ2v) is 3.96. The third-order valence-electron chi connectivity index (χ3n) is 2.17. The van der Waals surface area contributed by atoms with E-state index in [4.69, 9.17) is 5.73 Å². The SMILES string of the molecule is CC(N)c1ccc(-c2ccsn2)cc1. The minimum absolute atomic E-state index is 0.0967. The highest BCUT2D eigenvalue weighted by Gasteiger charge is 2.01. The summed E-state index contributed by atoms with van der Waals surface area (Å²) < 4.78 is 4.27. The van der Waals surface area contributed by atoms with Crippen LogP contribution in [0, 0.1) is 0 Å². The van der Waals surface area contributed by atoms with Gasteiger partial charge in [0.05, 0.1) is 5.69 Å². The molecule has 1 heterocycles. The lowest BCUT2D eigenvalue weighted by Crippen LogP contribution is -2.04. The third-order valence-corrected chi connectivity index (χ3v) is 2.73. The zero-order valence-electron chi connectivity index (χ0n) is 7.97. The fraction of sp³-hybridized carbons (Fsp3) is 0.182. The smallest absolute Gasteiger partial charge is 0.0840 e. The van der Waals surface area contributed by atoms with E-state index in [1.54, 1.807) is 0 Å². The summed E-state index contributed by atoms with van der Waals surface area (Å²) in [6.07, 6.45) is 0. The van der Waals surface area contributed by atoms with Crippen molar-refractivity contribution in [2.24, 2.45) is 5.73 Å². The second-order valence-electron chi connectivity index (χ2n) is 3.30. The standard InChI is InChI=1S/C11H12N2S/c1-8(12)9-2-4-10(5-3-9)11-6-7-14-13-11/h2-8H,12H2,1H3. The van der Waals surface area contributed by atoms with Gasteiger partial charge in [-0.25, -0.2) is 0 Å². The Kier molecular flexibility index (Phi) is 2.61. The predicted octanol–water partition coefficient (Wildman–Crippen LogP) is 2.83. The molecule has 72 valence electrons. The van der Waals surface area contributed by atoms with Crippen molar-refractivity contribution >= 4 is 11.5 Å². The molecule has 1 atom stereocenters. The lowest BCUT2D eigenvalue weighted by Gasteiger charge is -2.05. The minimum atomic E-state index is 0.0967. The van der Waals surface area contributed by atoms with Crippen LogP contribution in [0.5, 0.6) is 0 Å². The zero-order valence-corrected chi connectivity index (χ0v) is 8.79. The Bertz CT molecular complexity index is 390. The summed E-state index contributed by atoms with van der Waals surface area (Å²) in [5.74, 6) is 0. The van der Waals surface area contributed by atoms with Gasteiger partial charge in [-0.2, -0.15) is 4.37 Å². The molecule has 14 heavy (non-hydrogen) atoms. The fourth-order valence-corrected chi connectivity index (χ4v) is 1.85. The summed E-state index contributed by atoms with van der Waals surface area (Å²) in [4.78, 5) is 0. The summed E-state index contributed by atoms with van der Waals surface area (Å²) in [5.41, 5.74) is 9.11. The largest absolute Gasteiger partial charge is 0.324 e. The van der Waals surface area contributed by atoms with E-state index in [1.165, 1.54) is 11.5 Å². The average molecular weight is 204 g/mol. The number of rotatable bonds is 2. The van der Waals surface area contributed by atoms with E-state index in [2.05, 4.69) is 28.6 Å². The Labute approximate surface area is 87.6 Å². The summed E-state index contributed by atoms with van der Waals surface area (Å²) in [5, 5.41) is 1.98. The molecule has 3 heteroatoms. The van der Waals surface area contributed by atoms with Gasteiger partial charge in [0.15, 0.2) is 0 Å². The Balaban J connectivity index is 2.31. The van der Waals surface area contributed by atoms with Crippen LogP contribution in [-0.4, -0.2) is 4.37 Å². The predicted molar refractivity (Wildman–Crippen MR) is 60.2 cm³/mol. The molecule has 0 aliphatic rings. The first kappa shape index (κ1) is 9.37. The van der Waals surface area contributed by atoms with E-state index in [1.807, 2.05) is 18.4 Å². The van der Waals surface area contributed by atoms with Crippen LogP contribution < -0.4 is 5.73 Å². The monoisotopic (exact) mass is 204 g/mol. The topological polar surface area (TPSA) is 38.9 Å². The van der Waals surface area contributed by atoms with Gasteiger partial charge < -0.3 is 5.73 Å². The normalized spacial score (nSPS) is 12.7. The minimum Gasteiger partial charge on any atom is -0.324 e. The van der Waals surface area contributed by atoms with Crippen LogP contribution in [-0.2, 0) is 0 Å². The number of nitrogens with two attached hydrogens (primary N) is 1. The van der Waals surface area contributed by atoms with Gasteiger partial charge in [0.2, 0.25) is 0 Å². The summed E-state index contributed by atoms with van der Waals surface area (Å²) in [6, 6.07) is 10.4. The van der Waals surface area contributed by atoms with E-state index in [0.717, 1.165) is 16.8 Å². The van der Waals surface area contributed by atoms with Crippen LogP contribution in [0.15, 0.2) is 35.7 Å². The van der Waals surface area contributed by atoms with Crippen molar-refractivity contribution in [1.82, 2.24) is 4.37 Å². The highest BCUT2D eigenvalue weighted by atomic mass is 32.1. The van der Waals surface area contributed by atoms with Gasteiger partial charge >= 0.3 is 0 Å². The van der Waals surface area contributed by atoms with Crippen LogP contribution in [0.2, 0.25) is 0 Å². The second kappa shape index (κ2) is 3.90. The van der Waals surface area contributed by atoms with Crippen molar-refractivity contribution in [2.75, 3.05) is 0 Å². The van der Waals surface area contributed by atoms with Gasteiger partial charge in [0.25, 0.3) is 0 Å². The molecule has 1 aromatic heterocycles. The lowest BCUT2D eigenvalue weighted by atomic mass is 10.1. The van der Waals surface area contributed by atoms with E-state index in [0.29, 0.717) is 0 Å². The molecule has 2 N–H and O–H groups in total. The van der Waals surface area contributed by atoms with E-state index in [9.17, 15) is 0 Å². The maximum Gasteiger partial charge on any atom is 0.0840 e. The molecular weight excluding hydrogens is 192 g/mol. The molecule has 1 aromatic carbocycles. The number of aromatic nitrogens is 1. The molecule has 2 rings (SSSR count). The van der Waals surface area contributed by atoms with Crippen molar-refractivity contribution in [3.63, 3.8) is 0 Å². The van der Waals surface area contributed by atoms with Crippen molar-refractivity contribution in [2.45, 2.75) is 13.0 Å². The van der Waals surface area contributed by atoms with Gasteiger partial charge in [0, 0.05) is 17.0 Å². The molecular formula is C11H12N2S. The molecule has 0 aliphatic heterocycles. The van der Waals surface area contributed by atoms with Gasteiger partial charge in [0.1, 0.15) is 0 Å². The van der Waals surface area contributed by atoms with Crippen LogP contribution in [0.4, 0.5) is 0 Å². The Morgan fingerprint density at radius 2 is 1.93 bits per heavy atom. The van der Waals surface area contributed by atoms with Gasteiger partial charge in [-0.1, -0.05) is 24.3 Å². The molecule has 2 nitrogen and oxygen atoms in total. The number of benzene rings is 1. The number of hydrogen-bond donors (Lipinski definition) is 1. The Morgan fingerprint density at radius 1 is 1.21 bits per heavy atom. The van der Waals surface area contributed by atoms with Crippen LogP contribution in [0.1, 0.15) is 18.5 Å².